The third-order valence-corrected chi connectivity index (χ3v) is 5.39. The molecular weight excluding hydrogens is 354 g/mol. The average Bonchev–Trinajstić information content (AvgIpc) is 3.16. The molecule has 0 atom stereocenters. The predicted octanol–water partition coefficient (Wildman–Crippen LogP) is 2.46. The van der Waals surface area contributed by atoms with Crippen LogP contribution in [0.5, 0.6) is 0 Å². The number of piperidine rings is 1. The van der Waals surface area contributed by atoms with Gasteiger partial charge >= 0.3 is 0 Å². The van der Waals surface area contributed by atoms with Crippen LogP contribution in [0.2, 0.25) is 0 Å². The minimum absolute atomic E-state index is 0.0526. The number of nitrogens with zero attached hydrogens (tertiary/aromatic N) is 4. The number of aryl methyl sites for hydroxylation is 1. The predicted molar refractivity (Wildman–Crippen MR) is 106 cm³/mol. The number of amides is 2. The molecule has 0 saturated carbocycles. The van der Waals surface area contributed by atoms with E-state index in [2.05, 4.69) is 5.10 Å². The Morgan fingerprint density at radius 2 is 1.89 bits per heavy atom. The highest BCUT2D eigenvalue weighted by Gasteiger charge is 2.28. The average molecular weight is 377 g/mol. The molecule has 2 aromatic heterocycles. The van der Waals surface area contributed by atoms with E-state index in [1.54, 1.807) is 15.8 Å². The lowest BCUT2D eigenvalue weighted by molar-refractivity contribution is -0.123. The molecule has 28 heavy (non-hydrogen) atoms. The molecule has 1 saturated heterocycles. The summed E-state index contributed by atoms with van der Waals surface area (Å²) in [6, 6.07) is 11.7. The Balaban J connectivity index is 1.74. The lowest BCUT2D eigenvalue weighted by atomic mass is 9.95. The molecular formula is C21H23N5O2. The molecule has 2 amide bonds. The van der Waals surface area contributed by atoms with E-state index in [-0.39, 0.29) is 17.7 Å². The van der Waals surface area contributed by atoms with Crippen LogP contribution in [0.4, 0.5) is 0 Å². The second kappa shape index (κ2) is 7.42. The van der Waals surface area contributed by atoms with Crippen molar-refractivity contribution in [2.45, 2.75) is 26.3 Å². The van der Waals surface area contributed by atoms with E-state index in [4.69, 9.17) is 10.7 Å². The first kappa shape index (κ1) is 18.2. The third-order valence-electron chi connectivity index (χ3n) is 5.39. The van der Waals surface area contributed by atoms with Gasteiger partial charge in [0, 0.05) is 31.1 Å². The molecule has 0 bridgehead atoms. The van der Waals surface area contributed by atoms with Crippen molar-refractivity contribution in [2.24, 2.45) is 11.7 Å². The highest BCUT2D eigenvalue weighted by molar-refractivity contribution is 6.06. The van der Waals surface area contributed by atoms with Crippen molar-refractivity contribution in [3.05, 3.63) is 48.2 Å². The van der Waals surface area contributed by atoms with Gasteiger partial charge in [-0.15, -0.1) is 0 Å². The van der Waals surface area contributed by atoms with Gasteiger partial charge in [0.15, 0.2) is 5.65 Å². The molecule has 3 heterocycles. The first-order chi connectivity index (χ1) is 13.6. The first-order valence-electron chi connectivity index (χ1n) is 9.59. The molecule has 144 valence electrons. The zero-order valence-corrected chi connectivity index (χ0v) is 15.8. The van der Waals surface area contributed by atoms with E-state index in [1.165, 1.54) is 0 Å². The summed E-state index contributed by atoms with van der Waals surface area (Å²) in [6.07, 6.45) is 2.92. The minimum atomic E-state index is -0.283. The molecule has 2 N–H and O–H groups in total. The first-order valence-corrected chi connectivity index (χ1v) is 9.59. The standard InChI is InChI=1S/C21H23N5O2/c1-2-26-20-17(13-23-26)16(12-18(24-20)14-6-4-3-5-7-14)21(28)25-10-8-15(9-11-25)19(22)27/h3-7,12-13,15H,2,8-11H2,1H3,(H2,22,27). The summed E-state index contributed by atoms with van der Waals surface area (Å²) < 4.78 is 1.80. The number of aromatic nitrogens is 3. The van der Waals surface area contributed by atoms with Crippen molar-refractivity contribution >= 4 is 22.8 Å². The molecule has 7 nitrogen and oxygen atoms in total. The fourth-order valence-corrected chi connectivity index (χ4v) is 3.75. The van der Waals surface area contributed by atoms with E-state index in [0.29, 0.717) is 43.7 Å². The summed E-state index contributed by atoms with van der Waals surface area (Å²) in [7, 11) is 0. The zero-order chi connectivity index (χ0) is 19.7. The van der Waals surface area contributed by atoms with Crippen LogP contribution in [0.15, 0.2) is 42.6 Å². The molecule has 1 aromatic carbocycles. The van der Waals surface area contributed by atoms with Gasteiger partial charge in [-0.05, 0) is 25.8 Å². The SMILES string of the molecule is CCn1ncc2c(C(=O)N3CCC(C(N)=O)CC3)cc(-c3ccccc3)nc21. The van der Waals surface area contributed by atoms with Gasteiger partial charge in [-0.25, -0.2) is 9.67 Å². The van der Waals surface area contributed by atoms with Crippen molar-refractivity contribution in [2.75, 3.05) is 13.1 Å². The Kier molecular flexibility index (Phi) is 4.81. The van der Waals surface area contributed by atoms with E-state index >= 15 is 0 Å². The lowest BCUT2D eigenvalue weighted by Gasteiger charge is -2.30. The van der Waals surface area contributed by atoms with Crippen LogP contribution in [0.25, 0.3) is 22.3 Å². The number of carbonyl (C=O) groups excluding carboxylic acids is 2. The van der Waals surface area contributed by atoms with Gasteiger partial charge in [-0.3, -0.25) is 9.59 Å². The molecule has 0 unspecified atom stereocenters. The van der Waals surface area contributed by atoms with E-state index < -0.39 is 0 Å². The maximum atomic E-state index is 13.3. The Morgan fingerprint density at radius 1 is 1.18 bits per heavy atom. The fraction of sp³-hybridized carbons (Fsp3) is 0.333. The van der Waals surface area contributed by atoms with Crippen LogP contribution in [-0.4, -0.2) is 44.6 Å². The molecule has 0 aliphatic carbocycles. The van der Waals surface area contributed by atoms with Crippen LogP contribution >= 0.6 is 0 Å². The maximum absolute atomic E-state index is 13.3. The van der Waals surface area contributed by atoms with Gasteiger partial charge in [-0.1, -0.05) is 30.3 Å². The smallest absolute Gasteiger partial charge is 0.254 e. The second-order valence-corrected chi connectivity index (χ2v) is 7.09. The number of hydrogen-bond acceptors (Lipinski definition) is 4. The van der Waals surface area contributed by atoms with E-state index in [9.17, 15) is 9.59 Å². The maximum Gasteiger partial charge on any atom is 0.254 e. The van der Waals surface area contributed by atoms with Crippen LogP contribution < -0.4 is 5.73 Å². The van der Waals surface area contributed by atoms with Crippen molar-refractivity contribution in [3.8, 4) is 11.3 Å². The van der Waals surface area contributed by atoms with Gasteiger partial charge < -0.3 is 10.6 Å². The number of nitrogens with two attached hydrogens (primary N) is 1. The largest absolute Gasteiger partial charge is 0.369 e. The Morgan fingerprint density at radius 3 is 2.54 bits per heavy atom. The Labute approximate surface area is 163 Å². The molecule has 4 rings (SSSR count). The molecule has 7 heteroatoms. The number of likely N-dealkylation sites (tertiary alicyclic amines) is 1. The van der Waals surface area contributed by atoms with E-state index in [0.717, 1.165) is 16.6 Å². The van der Waals surface area contributed by atoms with Crippen molar-refractivity contribution in [1.82, 2.24) is 19.7 Å². The molecule has 0 spiro atoms. The highest BCUT2D eigenvalue weighted by atomic mass is 16.2. The summed E-state index contributed by atoms with van der Waals surface area (Å²) in [6.45, 7) is 3.73. The summed E-state index contributed by atoms with van der Waals surface area (Å²) >= 11 is 0. The van der Waals surface area contributed by atoms with Crippen LogP contribution in [-0.2, 0) is 11.3 Å². The van der Waals surface area contributed by atoms with Crippen molar-refractivity contribution < 1.29 is 9.59 Å². The fourth-order valence-electron chi connectivity index (χ4n) is 3.75. The number of rotatable bonds is 4. The normalized spacial score (nSPS) is 15.1. The number of benzene rings is 1. The monoisotopic (exact) mass is 377 g/mol. The highest BCUT2D eigenvalue weighted by Crippen LogP contribution is 2.27. The molecule has 1 aliphatic heterocycles. The number of primary amides is 1. The Hall–Kier alpha value is -3.22. The van der Waals surface area contributed by atoms with Gasteiger partial charge in [0.25, 0.3) is 5.91 Å². The molecule has 0 radical (unpaired) electrons. The summed E-state index contributed by atoms with van der Waals surface area (Å²) in [4.78, 5) is 31.3. The summed E-state index contributed by atoms with van der Waals surface area (Å²) in [5.74, 6) is -0.485. The number of carbonyl (C=O) groups is 2. The van der Waals surface area contributed by atoms with Gasteiger partial charge in [0.1, 0.15) is 0 Å². The Bertz CT molecular complexity index is 1020. The van der Waals surface area contributed by atoms with Gasteiger partial charge in [-0.2, -0.15) is 5.10 Å². The van der Waals surface area contributed by atoms with Gasteiger partial charge in [0.05, 0.1) is 22.8 Å². The molecule has 1 aliphatic rings. The van der Waals surface area contributed by atoms with Gasteiger partial charge in [0.2, 0.25) is 5.91 Å². The third kappa shape index (κ3) is 3.24. The summed E-state index contributed by atoms with van der Waals surface area (Å²) in [5, 5.41) is 5.15. The zero-order valence-electron chi connectivity index (χ0n) is 15.8. The topological polar surface area (TPSA) is 94.1 Å². The van der Waals surface area contributed by atoms with Crippen molar-refractivity contribution in [3.63, 3.8) is 0 Å². The summed E-state index contributed by atoms with van der Waals surface area (Å²) in [5.41, 5.74) is 8.42. The number of fused-ring (bicyclic) bond motifs is 1. The second-order valence-electron chi connectivity index (χ2n) is 7.09. The number of hydrogen-bond donors (Lipinski definition) is 1. The van der Waals surface area contributed by atoms with Crippen LogP contribution in [0.1, 0.15) is 30.1 Å². The van der Waals surface area contributed by atoms with Crippen LogP contribution in [0.3, 0.4) is 0 Å². The van der Waals surface area contributed by atoms with Crippen LogP contribution in [0, 0.1) is 5.92 Å². The lowest BCUT2D eigenvalue weighted by Crippen LogP contribution is -2.41. The molecule has 1 fully saturated rings. The molecule has 3 aromatic rings. The quantitative estimate of drug-likeness (QED) is 0.756. The van der Waals surface area contributed by atoms with Crippen molar-refractivity contribution in [1.29, 1.82) is 0 Å². The number of pyridine rings is 1. The van der Waals surface area contributed by atoms with E-state index in [1.807, 2.05) is 43.3 Å². The minimum Gasteiger partial charge on any atom is -0.369 e.